The number of Topliss-reactive ketones (excluding diaryl/α,β-unsaturated/α-hetero) is 1. The minimum atomic E-state index is -1.05. The smallest absolute Gasteiger partial charge is 0.319 e. The van der Waals surface area contributed by atoms with Gasteiger partial charge in [-0.15, -0.1) is 0 Å². The van der Waals surface area contributed by atoms with E-state index in [1.165, 1.54) is 0 Å². The zero-order valence-electron chi connectivity index (χ0n) is 13.4. The maximum Gasteiger partial charge on any atom is 0.319 e. The zero-order valence-corrected chi connectivity index (χ0v) is 13.4. The number of esters is 1. The maximum atomic E-state index is 12.2. The Kier molecular flexibility index (Phi) is 7.13. The first kappa shape index (κ1) is 17.4. The molecule has 0 aliphatic heterocycles. The highest BCUT2D eigenvalue weighted by molar-refractivity contribution is 6.02. The molecular formula is C18H26O3. The average molecular weight is 290 g/mol. The van der Waals surface area contributed by atoms with Gasteiger partial charge in [0, 0.05) is 6.42 Å². The summed E-state index contributed by atoms with van der Waals surface area (Å²) in [6.07, 6.45) is 4.61. The van der Waals surface area contributed by atoms with Gasteiger partial charge in [-0.25, -0.2) is 0 Å². The van der Waals surface area contributed by atoms with Crippen molar-refractivity contribution >= 4 is 11.8 Å². The Morgan fingerprint density at radius 3 is 2.33 bits per heavy atom. The van der Waals surface area contributed by atoms with Crippen molar-refractivity contribution in [2.45, 2.75) is 59.5 Å². The van der Waals surface area contributed by atoms with Crippen LogP contribution in [0.25, 0.3) is 0 Å². The molecule has 0 aromatic heterocycles. The first-order valence-corrected chi connectivity index (χ1v) is 7.73. The van der Waals surface area contributed by atoms with Crippen LogP contribution in [0.15, 0.2) is 30.3 Å². The van der Waals surface area contributed by atoms with Gasteiger partial charge in [0.15, 0.2) is 0 Å². The van der Waals surface area contributed by atoms with Crippen LogP contribution in [0.3, 0.4) is 0 Å². The molecule has 21 heavy (non-hydrogen) atoms. The Hall–Kier alpha value is -1.64. The Labute approximate surface area is 127 Å². The molecule has 0 aliphatic rings. The molecule has 0 saturated heterocycles. The lowest BCUT2D eigenvalue weighted by Gasteiger charge is -2.21. The highest BCUT2D eigenvalue weighted by Gasteiger charge is 2.36. The average Bonchev–Trinajstić information content (AvgIpc) is 2.49. The van der Waals surface area contributed by atoms with E-state index in [4.69, 9.17) is 4.74 Å². The second-order valence-corrected chi connectivity index (χ2v) is 5.92. The molecule has 1 aromatic carbocycles. The summed E-state index contributed by atoms with van der Waals surface area (Å²) in [6, 6.07) is 9.50. The van der Waals surface area contributed by atoms with Crippen LogP contribution in [0.2, 0.25) is 0 Å². The summed E-state index contributed by atoms with van der Waals surface area (Å²) in [6.45, 7) is 5.66. The lowest BCUT2D eigenvalue weighted by Crippen LogP contribution is -2.35. The van der Waals surface area contributed by atoms with Crippen molar-refractivity contribution in [3.8, 4) is 0 Å². The number of ether oxygens (including phenoxy) is 1. The fourth-order valence-corrected chi connectivity index (χ4v) is 2.04. The van der Waals surface area contributed by atoms with Crippen molar-refractivity contribution in [2.75, 3.05) is 0 Å². The fourth-order valence-electron chi connectivity index (χ4n) is 2.04. The van der Waals surface area contributed by atoms with Crippen LogP contribution in [0.4, 0.5) is 0 Å². The van der Waals surface area contributed by atoms with E-state index in [0.717, 1.165) is 31.2 Å². The Morgan fingerprint density at radius 2 is 1.71 bits per heavy atom. The summed E-state index contributed by atoms with van der Waals surface area (Å²) in [4.78, 5) is 24.3. The van der Waals surface area contributed by atoms with E-state index >= 15 is 0 Å². The predicted molar refractivity (Wildman–Crippen MR) is 83.8 cm³/mol. The molecule has 3 nitrogen and oxygen atoms in total. The zero-order chi connectivity index (χ0) is 15.7. The third kappa shape index (κ3) is 5.70. The molecule has 0 atom stereocenters. The number of ketones is 1. The minimum absolute atomic E-state index is 0.0309. The van der Waals surface area contributed by atoms with Crippen LogP contribution in [-0.2, 0) is 20.9 Å². The summed E-state index contributed by atoms with van der Waals surface area (Å²) in [5, 5.41) is 0. The minimum Gasteiger partial charge on any atom is -0.460 e. The van der Waals surface area contributed by atoms with Gasteiger partial charge in [-0.05, 0) is 25.8 Å². The van der Waals surface area contributed by atoms with Crippen molar-refractivity contribution in [1.82, 2.24) is 0 Å². The number of benzene rings is 1. The predicted octanol–water partition coefficient (Wildman–Crippen LogP) is 4.30. The molecule has 0 unspecified atom stereocenters. The molecule has 0 bridgehead atoms. The van der Waals surface area contributed by atoms with Crippen LogP contribution in [0, 0.1) is 5.41 Å². The second kappa shape index (κ2) is 8.60. The summed E-state index contributed by atoms with van der Waals surface area (Å²) in [5.41, 5.74) is -0.127. The van der Waals surface area contributed by atoms with Gasteiger partial charge in [-0.2, -0.15) is 0 Å². The van der Waals surface area contributed by atoms with Gasteiger partial charge in [0.1, 0.15) is 17.8 Å². The van der Waals surface area contributed by atoms with E-state index in [-0.39, 0.29) is 12.4 Å². The molecule has 0 fully saturated rings. The Bertz CT molecular complexity index is 449. The summed E-state index contributed by atoms with van der Waals surface area (Å²) in [7, 11) is 0. The number of carbonyl (C=O) groups excluding carboxylic acids is 2. The highest BCUT2D eigenvalue weighted by atomic mass is 16.5. The van der Waals surface area contributed by atoms with Gasteiger partial charge in [0.05, 0.1) is 0 Å². The summed E-state index contributed by atoms with van der Waals surface area (Å²) >= 11 is 0. The lowest BCUT2D eigenvalue weighted by atomic mass is 9.85. The molecule has 116 valence electrons. The van der Waals surface area contributed by atoms with Crippen LogP contribution < -0.4 is 0 Å². The van der Waals surface area contributed by atoms with E-state index in [0.29, 0.717) is 6.42 Å². The largest absolute Gasteiger partial charge is 0.460 e. The first-order valence-electron chi connectivity index (χ1n) is 7.73. The van der Waals surface area contributed by atoms with Crippen molar-refractivity contribution in [2.24, 2.45) is 5.41 Å². The van der Waals surface area contributed by atoms with E-state index in [2.05, 4.69) is 6.92 Å². The highest BCUT2D eigenvalue weighted by Crippen LogP contribution is 2.23. The number of hydrogen-bond donors (Lipinski definition) is 0. The third-order valence-electron chi connectivity index (χ3n) is 3.68. The van der Waals surface area contributed by atoms with E-state index < -0.39 is 11.4 Å². The first-order chi connectivity index (χ1) is 9.98. The van der Waals surface area contributed by atoms with Crippen LogP contribution >= 0.6 is 0 Å². The Balaban J connectivity index is 2.44. The quantitative estimate of drug-likeness (QED) is 0.387. The van der Waals surface area contributed by atoms with Gasteiger partial charge in [-0.1, -0.05) is 56.5 Å². The van der Waals surface area contributed by atoms with Crippen molar-refractivity contribution in [3.05, 3.63) is 35.9 Å². The van der Waals surface area contributed by atoms with Crippen LogP contribution in [0.1, 0.15) is 58.4 Å². The number of unbranched alkanes of at least 4 members (excludes halogenated alkanes) is 3. The molecule has 0 spiro atoms. The molecule has 0 aliphatic carbocycles. The number of rotatable bonds is 9. The molecule has 0 radical (unpaired) electrons. The van der Waals surface area contributed by atoms with E-state index in [1.54, 1.807) is 13.8 Å². The summed E-state index contributed by atoms with van der Waals surface area (Å²) in [5.74, 6) is -0.469. The molecule has 0 N–H and O–H groups in total. The van der Waals surface area contributed by atoms with Crippen molar-refractivity contribution in [3.63, 3.8) is 0 Å². The van der Waals surface area contributed by atoms with Crippen LogP contribution in [0.5, 0.6) is 0 Å². The lowest BCUT2D eigenvalue weighted by molar-refractivity contribution is -0.159. The second-order valence-electron chi connectivity index (χ2n) is 5.92. The molecule has 0 amide bonds. The van der Waals surface area contributed by atoms with Crippen molar-refractivity contribution in [1.29, 1.82) is 0 Å². The molecule has 0 saturated carbocycles. The standard InChI is InChI=1S/C18H26O3/c1-4-5-6-10-13-16(19)18(2,3)17(20)21-14-15-11-8-7-9-12-15/h7-9,11-12H,4-6,10,13-14H2,1-3H3. The monoisotopic (exact) mass is 290 g/mol. The SMILES string of the molecule is CCCCCCC(=O)C(C)(C)C(=O)OCc1ccccc1. The van der Waals surface area contributed by atoms with Crippen molar-refractivity contribution < 1.29 is 14.3 Å². The normalized spacial score (nSPS) is 11.2. The number of carbonyl (C=O) groups is 2. The summed E-state index contributed by atoms with van der Waals surface area (Å²) < 4.78 is 5.28. The topological polar surface area (TPSA) is 43.4 Å². The van der Waals surface area contributed by atoms with Gasteiger partial charge in [0.25, 0.3) is 0 Å². The number of hydrogen-bond acceptors (Lipinski definition) is 3. The fraction of sp³-hybridized carbons (Fsp3) is 0.556. The van der Waals surface area contributed by atoms with Gasteiger partial charge in [0.2, 0.25) is 0 Å². The molecule has 1 aromatic rings. The molecule has 3 heteroatoms. The third-order valence-corrected chi connectivity index (χ3v) is 3.68. The maximum absolute atomic E-state index is 12.2. The molecular weight excluding hydrogens is 264 g/mol. The van der Waals surface area contributed by atoms with Gasteiger partial charge in [-0.3, -0.25) is 9.59 Å². The molecule has 0 heterocycles. The van der Waals surface area contributed by atoms with Gasteiger partial charge >= 0.3 is 5.97 Å². The van der Waals surface area contributed by atoms with Crippen LogP contribution in [-0.4, -0.2) is 11.8 Å². The van der Waals surface area contributed by atoms with E-state index in [1.807, 2.05) is 30.3 Å². The van der Waals surface area contributed by atoms with Gasteiger partial charge < -0.3 is 4.74 Å². The van der Waals surface area contributed by atoms with E-state index in [9.17, 15) is 9.59 Å². The molecule has 1 rings (SSSR count). The Morgan fingerprint density at radius 1 is 1.05 bits per heavy atom.